The van der Waals surface area contributed by atoms with Gasteiger partial charge in [0, 0.05) is 30.6 Å². The molecule has 1 fully saturated rings. The van der Waals surface area contributed by atoms with Gasteiger partial charge >= 0.3 is 0 Å². The SMILES string of the molecule is O=C(c1cc(F)cc(F)c1)C1CNC1. The molecule has 1 N–H and O–H groups in total. The molecule has 2 nitrogen and oxygen atoms in total. The summed E-state index contributed by atoms with van der Waals surface area (Å²) >= 11 is 0. The molecule has 0 spiro atoms. The van der Waals surface area contributed by atoms with Crippen molar-refractivity contribution in [1.82, 2.24) is 5.32 Å². The van der Waals surface area contributed by atoms with E-state index in [0.29, 0.717) is 13.1 Å². The molecule has 14 heavy (non-hydrogen) atoms. The molecule has 2 rings (SSSR count). The summed E-state index contributed by atoms with van der Waals surface area (Å²) in [4.78, 5) is 11.6. The first-order valence-electron chi connectivity index (χ1n) is 4.38. The highest BCUT2D eigenvalue weighted by Gasteiger charge is 2.26. The van der Waals surface area contributed by atoms with Gasteiger partial charge in [0.15, 0.2) is 5.78 Å². The summed E-state index contributed by atoms with van der Waals surface area (Å²) < 4.78 is 25.5. The maximum Gasteiger partial charge on any atom is 0.168 e. The van der Waals surface area contributed by atoms with Gasteiger partial charge in [-0.05, 0) is 12.1 Å². The van der Waals surface area contributed by atoms with Gasteiger partial charge in [0.25, 0.3) is 0 Å². The Hall–Kier alpha value is -1.29. The average molecular weight is 197 g/mol. The van der Waals surface area contributed by atoms with Gasteiger partial charge in [-0.25, -0.2) is 8.78 Å². The lowest BCUT2D eigenvalue weighted by Gasteiger charge is -2.25. The van der Waals surface area contributed by atoms with Crippen LogP contribution in [0.2, 0.25) is 0 Å². The first-order valence-corrected chi connectivity index (χ1v) is 4.38. The Morgan fingerprint density at radius 2 is 1.79 bits per heavy atom. The molecule has 0 amide bonds. The number of halogens is 2. The summed E-state index contributed by atoms with van der Waals surface area (Å²) in [7, 11) is 0. The Morgan fingerprint density at radius 3 is 2.21 bits per heavy atom. The van der Waals surface area contributed by atoms with Crippen LogP contribution in [0.5, 0.6) is 0 Å². The smallest absolute Gasteiger partial charge is 0.168 e. The average Bonchev–Trinajstić information content (AvgIpc) is 1.98. The van der Waals surface area contributed by atoms with Crippen LogP contribution in [-0.2, 0) is 0 Å². The molecule has 1 heterocycles. The molecule has 0 saturated carbocycles. The Labute approximate surface area is 79.9 Å². The summed E-state index contributed by atoms with van der Waals surface area (Å²) in [6.45, 7) is 1.19. The lowest BCUT2D eigenvalue weighted by molar-refractivity contribution is 0.0877. The number of nitrogens with one attached hydrogen (secondary N) is 1. The third-order valence-electron chi connectivity index (χ3n) is 2.30. The van der Waals surface area contributed by atoms with Crippen LogP contribution in [0.4, 0.5) is 8.78 Å². The van der Waals surface area contributed by atoms with Gasteiger partial charge in [0.1, 0.15) is 11.6 Å². The first kappa shape index (κ1) is 9.27. The molecule has 1 aromatic carbocycles. The quantitative estimate of drug-likeness (QED) is 0.725. The van der Waals surface area contributed by atoms with E-state index < -0.39 is 11.6 Å². The van der Waals surface area contributed by atoms with Crippen LogP contribution in [-0.4, -0.2) is 18.9 Å². The molecule has 0 radical (unpaired) electrons. The number of benzene rings is 1. The van der Waals surface area contributed by atoms with Gasteiger partial charge in [-0.15, -0.1) is 0 Å². The monoisotopic (exact) mass is 197 g/mol. The van der Waals surface area contributed by atoms with E-state index in [1.807, 2.05) is 0 Å². The van der Waals surface area contributed by atoms with Crippen LogP contribution >= 0.6 is 0 Å². The van der Waals surface area contributed by atoms with Crippen LogP contribution in [0.15, 0.2) is 18.2 Å². The molecule has 1 saturated heterocycles. The second-order valence-electron chi connectivity index (χ2n) is 3.38. The zero-order valence-electron chi connectivity index (χ0n) is 7.39. The molecular weight excluding hydrogens is 188 g/mol. The summed E-state index contributed by atoms with van der Waals surface area (Å²) in [5.41, 5.74) is 0.119. The van der Waals surface area contributed by atoms with Gasteiger partial charge in [-0.1, -0.05) is 0 Å². The number of hydrogen-bond donors (Lipinski definition) is 1. The standard InChI is InChI=1S/C10H9F2NO/c11-8-1-6(2-9(12)3-8)10(14)7-4-13-5-7/h1-3,7,13H,4-5H2. The highest BCUT2D eigenvalue weighted by molar-refractivity contribution is 5.98. The highest BCUT2D eigenvalue weighted by Crippen LogP contribution is 2.15. The van der Waals surface area contributed by atoms with Crippen molar-refractivity contribution in [1.29, 1.82) is 0 Å². The van der Waals surface area contributed by atoms with Crippen molar-refractivity contribution in [2.45, 2.75) is 0 Å². The number of carbonyl (C=O) groups excluding carboxylic acids is 1. The third kappa shape index (κ3) is 1.65. The molecule has 0 bridgehead atoms. The van der Waals surface area contributed by atoms with Gasteiger partial charge in [-0.3, -0.25) is 4.79 Å². The largest absolute Gasteiger partial charge is 0.315 e. The van der Waals surface area contributed by atoms with E-state index in [9.17, 15) is 13.6 Å². The fraction of sp³-hybridized carbons (Fsp3) is 0.300. The third-order valence-corrected chi connectivity index (χ3v) is 2.30. The van der Waals surface area contributed by atoms with E-state index in [2.05, 4.69) is 5.32 Å². The molecule has 0 aromatic heterocycles. The van der Waals surface area contributed by atoms with Gasteiger partial charge in [-0.2, -0.15) is 0 Å². The normalized spacial score (nSPS) is 16.4. The number of rotatable bonds is 2. The second-order valence-corrected chi connectivity index (χ2v) is 3.38. The van der Waals surface area contributed by atoms with E-state index >= 15 is 0 Å². The van der Waals surface area contributed by atoms with Crippen molar-refractivity contribution < 1.29 is 13.6 Å². The van der Waals surface area contributed by atoms with Crippen LogP contribution in [0.3, 0.4) is 0 Å². The maximum atomic E-state index is 12.8. The Balaban J connectivity index is 2.26. The highest BCUT2D eigenvalue weighted by atomic mass is 19.1. The molecule has 0 aliphatic carbocycles. The van der Waals surface area contributed by atoms with Gasteiger partial charge in [0.05, 0.1) is 0 Å². The zero-order valence-corrected chi connectivity index (χ0v) is 7.39. The predicted molar refractivity (Wildman–Crippen MR) is 47.0 cm³/mol. The van der Waals surface area contributed by atoms with Crippen molar-refractivity contribution in [3.8, 4) is 0 Å². The number of carbonyl (C=O) groups is 1. The minimum absolute atomic E-state index is 0.119. The summed E-state index contributed by atoms with van der Waals surface area (Å²) in [6.07, 6.45) is 0. The predicted octanol–water partition coefficient (Wildman–Crippen LogP) is 1.37. The summed E-state index contributed by atoms with van der Waals surface area (Å²) in [6, 6.07) is 2.91. The van der Waals surface area contributed by atoms with E-state index in [1.165, 1.54) is 0 Å². The van der Waals surface area contributed by atoms with Crippen molar-refractivity contribution in [3.05, 3.63) is 35.4 Å². The lowest BCUT2D eigenvalue weighted by atomic mass is 9.93. The van der Waals surface area contributed by atoms with Crippen molar-refractivity contribution in [2.75, 3.05) is 13.1 Å². The topological polar surface area (TPSA) is 29.1 Å². The number of ketones is 1. The fourth-order valence-electron chi connectivity index (χ4n) is 1.41. The van der Waals surface area contributed by atoms with Gasteiger partial charge in [0.2, 0.25) is 0 Å². The minimum atomic E-state index is -0.708. The second kappa shape index (κ2) is 3.46. The van der Waals surface area contributed by atoms with Crippen LogP contribution in [0, 0.1) is 17.6 Å². The van der Waals surface area contributed by atoms with E-state index in [4.69, 9.17) is 0 Å². The molecule has 1 aliphatic rings. The fourth-order valence-corrected chi connectivity index (χ4v) is 1.41. The lowest BCUT2D eigenvalue weighted by Crippen LogP contribution is -2.46. The number of hydrogen-bond acceptors (Lipinski definition) is 2. The van der Waals surface area contributed by atoms with Gasteiger partial charge < -0.3 is 5.32 Å². The van der Waals surface area contributed by atoms with Crippen LogP contribution in [0.1, 0.15) is 10.4 Å². The Kier molecular flexibility index (Phi) is 2.29. The molecule has 0 atom stereocenters. The summed E-state index contributed by atoms with van der Waals surface area (Å²) in [5, 5.41) is 2.93. The maximum absolute atomic E-state index is 12.8. The molecule has 1 aromatic rings. The first-order chi connectivity index (χ1) is 6.66. The Bertz CT molecular complexity index is 354. The van der Waals surface area contributed by atoms with Crippen LogP contribution < -0.4 is 5.32 Å². The molecular formula is C10H9F2NO. The molecule has 74 valence electrons. The van der Waals surface area contributed by atoms with E-state index in [-0.39, 0.29) is 17.3 Å². The Morgan fingerprint density at radius 1 is 1.21 bits per heavy atom. The van der Waals surface area contributed by atoms with Crippen LogP contribution in [0.25, 0.3) is 0 Å². The van der Waals surface area contributed by atoms with E-state index in [0.717, 1.165) is 18.2 Å². The number of Topliss-reactive ketones (excluding diaryl/α,β-unsaturated/α-hetero) is 1. The van der Waals surface area contributed by atoms with E-state index in [1.54, 1.807) is 0 Å². The minimum Gasteiger partial charge on any atom is -0.315 e. The van der Waals surface area contributed by atoms with Crippen molar-refractivity contribution in [3.63, 3.8) is 0 Å². The molecule has 4 heteroatoms. The van der Waals surface area contributed by atoms with Crippen molar-refractivity contribution >= 4 is 5.78 Å². The zero-order chi connectivity index (χ0) is 10.1. The summed E-state index contributed by atoms with van der Waals surface area (Å²) in [5.74, 6) is -1.74. The molecule has 0 unspecified atom stereocenters. The van der Waals surface area contributed by atoms with Crippen molar-refractivity contribution in [2.24, 2.45) is 5.92 Å². The molecule has 1 aliphatic heterocycles.